The predicted molar refractivity (Wildman–Crippen MR) is 95.4 cm³/mol. The van der Waals surface area contributed by atoms with E-state index in [9.17, 15) is 4.79 Å². The largest absolute Gasteiger partial charge is 0.449 e. The highest BCUT2D eigenvalue weighted by Crippen LogP contribution is 2.58. The van der Waals surface area contributed by atoms with Crippen LogP contribution >= 0.6 is 0 Å². The van der Waals surface area contributed by atoms with Crippen molar-refractivity contribution in [3.8, 4) is 0 Å². The molecule has 0 aromatic carbocycles. The Morgan fingerprint density at radius 2 is 2.04 bits per heavy atom. The van der Waals surface area contributed by atoms with Crippen molar-refractivity contribution in [2.75, 3.05) is 28.3 Å². The van der Waals surface area contributed by atoms with E-state index in [-0.39, 0.29) is 30.4 Å². The highest BCUT2D eigenvalue weighted by atomic mass is 16.7. The highest BCUT2D eigenvalue weighted by molar-refractivity contribution is 5.90. The van der Waals surface area contributed by atoms with Gasteiger partial charge in [-0.1, -0.05) is 12.2 Å². The van der Waals surface area contributed by atoms with Gasteiger partial charge in [-0.15, -0.1) is 0 Å². The van der Waals surface area contributed by atoms with Crippen LogP contribution in [0.1, 0.15) is 19.3 Å². The molecule has 5 atom stereocenters. The van der Waals surface area contributed by atoms with Crippen LogP contribution in [0.25, 0.3) is 0 Å². The van der Waals surface area contributed by atoms with Gasteiger partial charge in [-0.2, -0.15) is 0 Å². The summed E-state index contributed by atoms with van der Waals surface area (Å²) in [5.74, 6) is -0.200. The standard InChI is InChI=1S/C20H26N2O4/c1-21(2)16-8-13(16)12-7-11-10-20(14(12)9-18(23)26-20)17-6-5-15(22(11)17)19(24-3)25-4/h7-9,11,15-17,19H,5-6,10H2,1-4H3. The average Bonchev–Trinajstić information content (AvgIpc) is 3.06. The first kappa shape index (κ1) is 16.7. The molecule has 5 rings (SSSR count). The van der Waals surface area contributed by atoms with Crippen LogP contribution in [0.15, 0.2) is 34.9 Å². The number of rotatable bonds is 5. The molecule has 6 nitrogen and oxygen atoms in total. The number of ether oxygens (including phenoxy) is 3. The van der Waals surface area contributed by atoms with Crippen LogP contribution in [-0.2, 0) is 19.0 Å². The molecule has 1 spiro atoms. The fourth-order valence-corrected chi connectivity index (χ4v) is 5.73. The zero-order valence-corrected chi connectivity index (χ0v) is 15.8. The lowest BCUT2D eigenvalue weighted by atomic mass is 9.76. The lowest BCUT2D eigenvalue weighted by Crippen LogP contribution is -2.48. The van der Waals surface area contributed by atoms with Gasteiger partial charge < -0.3 is 14.2 Å². The van der Waals surface area contributed by atoms with Gasteiger partial charge >= 0.3 is 5.97 Å². The van der Waals surface area contributed by atoms with Gasteiger partial charge in [0.05, 0.1) is 18.1 Å². The van der Waals surface area contributed by atoms with Gasteiger partial charge in [0.25, 0.3) is 0 Å². The van der Waals surface area contributed by atoms with Crippen molar-refractivity contribution >= 4 is 5.97 Å². The van der Waals surface area contributed by atoms with Crippen LogP contribution in [-0.4, -0.2) is 80.1 Å². The summed E-state index contributed by atoms with van der Waals surface area (Å²) in [6, 6.07) is 1.01. The van der Waals surface area contributed by atoms with Crippen molar-refractivity contribution in [1.82, 2.24) is 9.80 Å². The molecule has 2 fully saturated rings. The van der Waals surface area contributed by atoms with Crippen LogP contribution in [0.3, 0.4) is 0 Å². The lowest BCUT2D eigenvalue weighted by Gasteiger charge is -2.34. The number of likely N-dealkylation sites (N-methyl/N-ethyl adjacent to an activating group) is 1. The summed E-state index contributed by atoms with van der Waals surface area (Å²) in [5, 5.41) is 0. The van der Waals surface area contributed by atoms with Crippen LogP contribution in [0.5, 0.6) is 0 Å². The van der Waals surface area contributed by atoms with Crippen LogP contribution in [0, 0.1) is 0 Å². The Kier molecular flexibility index (Phi) is 3.54. The van der Waals surface area contributed by atoms with E-state index in [1.165, 1.54) is 11.1 Å². The third-order valence-corrected chi connectivity index (χ3v) is 6.76. The van der Waals surface area contributed by atoms with E-state index in [1.807, 2.05) is 0 Å². The number of methoxy groups -OCH3 is 2. The molecule has 0 saturated carbocycles. The topological polar surface area (TPSA) is 51.2 Å². The summed E-state index contributed by atoms with van der Waals surface area (Å²) >= 11 is 0. The summed E-state index contributed by atoms with van der Waals surface area (Å²) in [5.41, 5.74) is 3.13. The van der Waals surface area contributed by atoms with Crippen molar-refractivity contribution < 1.29 is 19.0 Å². The second kappa shape index (κ2) is 5.52. The van der Waals surface area contributed by atoms with Crippen LogP contribution in [0.2, 0.25) is 0 Å². The minimum atomic E-state index is -0.493. The van der Waals surface area contributed by atoms with Gasteiger partial charge in [-0.05, 0) is 38.1 Å². The molecule has 5 aliphatic rings. The minimum Gasteiger partial charge on any atom is -0.449 e. The van der Waals surface area contributed by atoms with Crippen molar-refractivity contribution in [2.45, 2.75) is 55.3 Å². The fraction of sp³-hybridized carbons (Fsp3) is 0.650. The van der Waals surface area contributed by atoms with Crippen LogP contribution < -0.4 is 0 Å². The van der Waals surface area contributed by atoms with E-state index in [2.05, 4.69) is 36.0 Å². The molecule has 0 aromatic heterocycles. The Morgan fingerprint density at radius 1 is 1.27 bits per heavy atom. The summed E-state index contributed by atoms with van der Waals surface area (Å²) in [7, 11) is 7.56. The monoisotopic (exact) mass is 358 g/mol. The minimum absolute atomic E-state index is 0.188. The fourth-order valence-electron chi connectivity index (χ4n) is 5.73. The molecule has 2 bridgehead atoms. The number of carbonyl (C=O) groups excluding carboxylic acids is 1. The molecular formula is C20H26N2O4. The molecule has 0 N–H and O–H groups in total. The zero-order chi connectivity index (χ0) is 18.2. The third kappa shape index (κ3) is 2.04. The Balaban J connectivity index is 1.55. The summed E-state index contributed by atoms with van der Waals surface area (Å²) in [4.78, 5) is 17.0. The van der Waals surface area contributed by atoms with Crippen molar-refractivity contribution in [3.05, 3.63) is 34.9 Å². The first-order chi connectivity index (χ1) is 12.5. The number of fused-ring (bicyclic) bond motifs is 3. The van der Waals surface area contributed by atoms with Crippen molar-refractivity contribution in [3.63, 3.8) is 0 Å². The lowest BCUT2D eigenvalue weighted by molar-refractivity contribution is -0.151. The van der Waals surface area contributed by atoms with Crippen molar-refractivity contribution in [2.24, 2.45) is 0 Å². The molecule has 3 aliphatic heterocycles. The number of nitrogens with zero attached hydrogens (tertiary/aromatic N) is 2. The van der Waals surface area contributed by atoms with E-state index in [4.69, 9.17) is 14.2 Å². The van der Waals surface area contributed by atoms with Gasteiger partial charge in [-0.3, -0.25) is 9.80 Å². The number of esters is 1. The third-order valence-electron chi connectivity index (χ3n) is 6.76. The maximum absolute atomic E-state index is 12.3. The van der Waals surface area contributed by atoms with E-state index in [0.717, 1.165) is 24.8 Å². The molecular weight excluding hydrogens is 332 g/mol. The quantitative estimate of drug-likeness (QED) is 0.545. The van der Waals surface area contributed by atoms with Crippen LogP contribution in [0.4, 0.5) is 0 Å². The molecule has 0 aromatic rings. The Hall–Kier alpha value is -1.47. The van der Waals surface area contributed by atoms with Gasteiger partial charge in [-0.25, -0.2) is 4.79 Å². The van der Waals surface area contributed by atoms with E-state index >= 15 is 0 Å². The Labute approximate surface area is 154 Å². The Bertz CT molecular complexity index is 751. The molecule has 6 heteroatoms. The normalized spacial score (nSPS) is 40.4. The Morgan fingerprint density at radius 3 is 2.69 bits per heavy atom. The van der Waals surface area contributed by atoms with E-state index in [0.29, 0.717) is 6.04 Å². The molecule has 140 valence electrons. The summed E-state index contributed by atoms with van der Waals surface area (Å²) < 4.78 is 17.2. The number of hydrogen-bond acceptors (Lipinski definition) is 6. The number of hydrogen-bond donors (Lipinski definition) is 0. The highest BCUT2D eigenvalue weighted by Gasteiger charge is 2.66. The van der Waals surface area contributed by atoms with Gasteiger partial charge in [0, 0.05) is 38.3 Å². The number of carbonyl (C=O) groups is 1. The summed E-state index contributed by atoms with van der Waals surface area (Å²) in [6.07, 6.45) is 8.92. The molecule has 2 aliphatic carbocycles. The van der Waals surface area contributed by atoms with E-state index in [1.54, 1.807) is 20.3 Å². The molecule has 0 radical (unpaired) electrons. The molecule has 3 heterocycles. The first-order valence-corrected chi connectivity index (χ1v) is 9.39. The van der Waals surface area contributed by atoms with Gasteiger partial charge in [0.2, 0.25) is 0 Å². The molecule has 5 unspecified atom stereocenters. The maximum Gasteiger partial charge on any atom is 0.332 e. The summed E-state index contributed by atoms with van der Waals surface area (Å²) in [6.45, 7) is 0. The second-order valence-corrected chi connectivity index (χ2v) is 8.20. The zero-order valence-electron chi connectivity index (χ0n) is 15.8. The SMILES string of the molecule is COC(OC)C1CCC2N1C1C=C(C3=CC3N(C)C)C3=CC(=O)OC32C1. The smallest absolute Gasteiger partial charge is 0.332 e. The van der Waals surface area contributed by atoms with Gasteiger partial charge in [0.15, 0.2) is 11.9 Å². The van der Waals surface area contributed by atoms with Gasteiger partial charge in [0.1, 0.15) is 0 Å². The predicted octanol–water partition coefficient (Wildman–Crippen LogP) is 1.24. The molecule has 2 saturated heterocycles. The van der Waals surface area contributed by atoms with E-state index < -0.39 is 5.60 Å². The molecule has 26 heavy (non-hydrogen) atoms. The second-order valence-electron chi connectivity index (χ2n) is 8.20. The first-order valence-electron chi connectivity index (χ1n) is 9.39. The maximum atomic E-state index is 12.3. The molecule has 0 amide bonds. The van der Waals surface area contributed by atoms with Crippen molar-refractivity contribution in [1.29, 1.82) is 0 Å². The average molecular weight is 358 g/mol.